The highest BCUT2D eigenvalue weighted by Gasteiger charge is 2.34. The molecule has 0 spiro atoms. The largest absolute Gasteiger partial charge is 0.497 e. The van der Waals surface area contributed by atoms with E-state index < -0.39 is 23.5 Å². The minimum Gasteiger partial charge on any atom is -0.497 e. The number of benzene rings is 3. The maximum absolute atomic E-state index is 13.9. The fraction of sp³-hybridized carbons (Fsp3) is 0.310. The zero-order valence-electron chi connectivity index (χ0n) is 21.7. The van der Waals surface area contributed by atoms with Crippen LogP contribution in [0.1, 0.15) is 33.4 Å². The lowest BCUT2D eigenvalue weighted by Gasteiger charge is -2.31. The van der Waals surface area contributed by atoms with Crippen LogP contribution in [0.3, 0.4) is 0 Å². The maximum atomic E-state index is 13.9. The summed E-state index contributed by atoms with van der Waals surface area (Å²) in [5, 5.41) is 2.85. The van der Waals surface area contributed by atoms with E-state index in [1.165, 1.54) is 0 Å². The molecule has 2 amide bonds. The van der Waals surface area contributed by atoms with Crippen LogP contribution >= 0.6 is 0 Å². The van der Waals surface area contributed by atoms with Gasteiger partial charge in [-0.3, -0.25) is 9.59 Å². The summed E-state index contributed by atoms with van der Waals surface area (Å²) in [6, 6.07) is 11.5. The molecule has 10 heteroatoms. The number of carbonyl (C=O) groups is 2. The monoisotopic (exact) mass is 544 g/mol. The summed E-state index contributed by atoms with van der Waals surface area (Å²) >= 11 is 0. The Morgan fingerprint density at radius 3 is 2.44 bits per heavy atom. The number of anilines is 1. The molecule has 3 aromatic carbocycles. The molecule has 0 atom stereocenters. The SMILES string of the molecule is COc1ccc(OC)c(CC(=O)N2CCc3c(ccc(C)c3NC(=O)Cc3ccc(C(F)(F)F)c(F)c3)C2)c1. The molecule has 206 valence electrons. The molecule has 0 fully saturated rings. The lowest BCUT2D eigenvalue weighted by Crippen LogP contribution is -2.37. The Hall–Kier alpha value is -4.08. The molecular weight excluding hydrogens is 516 g/mol. The van der Waals surface area contributed by atoms with Crippen LogP contribution in [0.15, 0.2) is 48.5 Å². The number of ether oxygens (including phenoxy) is 2. The number of nitrogens with zero attached hydrogens (tertiary/aromatic N) is 1. The van der Waals surface area contributed by atoms with Gasteiger partial charge in [-0.15, -0.1) is 0 Å². The van der Waals surface area contributed by atoms with E-state index in [2.05, 4.69) is 5.32 Å². The first-order chi connectivity index (χ1) is 18.5. The van der Waals surface area contributed by atoms with Crippen molar-refractivity contribution < 1.29 is 36.6 Å². The average Bonchev–Trinajstić information content (AvgIpc) is 2.89. The molecule has 1 aliphatic rings. The van der Waals surface area contributed by atoms with Crippen molar-refractivity contribution in [3.8, 4) is 11.5 Å². The van der Waals surface area contributed by atoms with E-state index in [0.717, 1.165) is 28.8 Å². The number of alkyl halides is 3. The lowest BCUT2D eigenvalue weighted by atomic mass is 9.94. The number of carbonyl (C=O) groups excluding carboxylic acids is 2. The Balaban J connectivity index is 1.46. The van der Waals surface area contributed by atoms with Crippen LogP contribution in [-0.2, 0) is 41.6 Å². The minimum absolute atomic E-state index is 0.0808. The van der Waals surface area contributed by atoms with Gasteiger partial charge < -0.3 is 19.7 Å². The molecule has 0 aromatic heterocycles. The van der Waals surface area contributed by atoms with Gasteiger partial charge in [0, 0.05) is 24.3 Å². The molecule has 0 unspecified atom stereocenters. The van der Waals surface area contributed by atoms with Crippen molar-refractivity contribution in [1.82, 2.24) is 4.90 Å². The summed E-state index contributed by atoms with van der Waals surface area (Å²) in [4.78, 5) is 27.7. The van der Waals surface area contributed by atoms with Gasteiger partial charge in [0.05, 0.1) is 32.6 Å². The standard InChI is InChI=1S/C29H28F4N2O4/c1-17-4-6-19-16-35(27(37)15-20-14-21(38-2)7-9-25(20)39-3)11-10-22(19)28(17)34-26(36)13-18-5-8-23(24(30)12-18)29(31,32)33/h4-9,12,14H,10-11,13,15-16H2,1-3H3,(H,34,36). The molecule has 0 radical (unpaired) electrons. The Bertz CT molecular complexity index is 1400. The summed E-state index contributed by atoms with van der Waals surface area (Å²) in [5.74, 6) is -0.762. The number of rotatable bonds is 7. The number of hydrogen-bond acceptors (Lipinski definition) is 4. The minimum atomic E-state index is -4.81. The lowest BCUT2D eigenvalue weighted by molar-refractivity contribution is -0.140. The number of fused-ring (bicyclic) bond motifs is 1. The van der Waals surface area contributed by atoms with Crippen molar-refractivity contribution in [2.75, 3.05) is 26.1 Å². The highest BCUT2D eigenvalue weighted by molar-refractivity contribution is 5.94. The Kier molecular flexibility index (Phi) is 8.13. The Labute approximate surface area is 223 Å². The predicted octanol–water partition coefficient (Wildman–Crippen LogP) is 5.48. The molecule has 1 aliphatic heterocycles. The van der Waals surface area contributed by atoms with Gasteiger partial charge in [0.15, 0.2) is 0 Å². The van der Waals surface area contributed by atoms with E-state index in [1.807, 2.05) is 19.1 Å². The Morgan fingerprint density at radius 2 is 1.77 bits per heavy atom. The van der Waals surface area contributed by atoms with Crippen LogP contribution in [0.5, 0.6) is 11.5 Å². The van der Waals surface area contributed by atoms with Crippen molar-refractivity contribution in [3.63, 3.8) is 0 Å². The van der Waals surface area contributed by atoms with E-state index in [9.17, 15) is 27.2 Å². The fourth-order valence-electron chi connectivity index (χ4n) is 4.72. The number of halogens is 4. The van der Waals surface area contributed by atoms with Gasteiger partial charge in [-0.25, -0.2) is 4.39 Å². The van der Waals surface area contributed by atoms with E-state index >= 15 is 0 Å². The van der Waals surface area contributed by atoms with Crippen molar-refractivity contribution in [3.05, 3.63) is 87.7 Å². The molecule has 1 N–H and O–H groups in total. The Morgan fingerprint density at radius 1 is 1.00 bits per heavy atom. The molecule has 0 aliphatic carbocycles. The van der Waals surface area contributed by atoms with Gasteiger partial charge in [-0.05, 0) is 65.9 Å². The van der Waals surface area contributed by atoms with Crippen LogP contribution in [0.2, 0.25) is 0 Å². The first-order valence-corrected chi connectivity index (χ1v) is 12.3. The van der Waals surface area contributed by atoms with Crippen LogP contribution in [0.25, 0.3) is 0 Å². The summed E-state index contributed by atoms with van der Waals surface area (Å²) in [6.07, 6.45) is -4.46. The molecule has 3 aromatic rings. The van der Waals surface area contributed by atoms with Crippen LogP contribution in [0, 0.1) is 12.7 Å². The van der Waals surface area contributed by atoms with Gasteiger partial charge in [-0.1, -0.05) is 18.2 Å². The van der Waals surface area contributed by atoms with E-state index in [-0.39, 0.29) is 24.3 Å². The smallest absolute Gasteiger partial charge is 0.419 e. The van der Waals surface area contributed by atoms with Gasteiger partial charge in [0.2, 0.25) is 11.8 Å². The second-order valence-corrected chi connectivity index (χ2v) is 9.35. The molecule has 6 nitrogen and oxygen atoms in total. The average molecular weight is 545 g/mol. The number of nitrogens with one attached hydrogen (secondary N) is 1. The number of methoxy groups -OCH3 is 2. The van der Waals surface area contributed by atoms with E-state index in [4.69, 9.17) is 9.47 Å². The van der Waals surface area contributed by atoms with Crippen LogP contribution in [0.4, 0.5) is 23.2 Å². The fourth-order valence-corrected chi connectivity index (χ4v) is 4.72. The molecule has 4 rings (SSSR count). The second-order valence-electron chi connectivity index (χ2n) is 9.35. The van der Waals surface area contributed by atoms with E-state index in [1.54, 1.807) is 37.3 Å². The topological polar surface area (TPSA) is 67.9 Å². The van der Waals surface area contributed by atoms with Gasteiger partial charge in [0.1, 0.15) is 17.3 Å². The van der Waals surface area contributed by atoms with Crippen molar-refractivity contribution in [2.45, 2.75) is 38.9 Å². The molecule has 1 heterocycles. The summed E-state index contributed by atoms with van der Waals surface area (Å²) in [6.45, 7) is 2.63. The normalized spacial score (nSPS) is 13.1. The first-order valence-electron chi connectivity index (χ1n) is 12.3. The molecule has 0 saturated heterocycles. The van der Waals surface area contributed by atoms with Crippen LogP contribution in [-0.4, -0.2) is 37.5 Å². The summed E-state index contributed by atoms with van der Waals surface area (Å²) in [7, 11) is 3.09. The second kappa shape index (κ2) is 11.3. The molecule has 39 heavy (non-hydrogen) atoms. The zero-order chi connectivity index (χ0) is 28.3. The molecular formula is C29H28F4N2O4. The number of aryl methyl sites for hydroxylation is 1. The zero-order valence-corrected chi connectivity index (χ0v) is 21.7. The quantitative estimate of drug-likeness (QED) is 0.400. The third-order valence-electron chi connectivity index (χ3n) is 6.76. The summed E-state index contributed by atoms with van der Waals surface area (Å²) in [5.41, 5.74) is 2.66. The van der Waals surface area contributed by atoms with Crippen molar-refractivity contribution in [2.24, 2.45) is 0 Å². The highest BCUT2D eigenvalue weighted by atomic mass is 19.4. The maximum Gasteiger partial charge on any atom is 0.419 e. The van der Waals surface area contributed by atoms with Gasteiger partial charge >= 0.3 is 6.18 Å². The predicted molar refractivity (Wildman–Crippen MR) is 137 cm³/mol. The first kappa shape index (κ1) is 27.9. The third kappa shape index (κ3) is 6.32. The van der Waals surface area contributed by atoms with Crippen LogP contribution < -0.4 is 14.8 Å². The van der Waals surface area contributed by atoms with Crippen molar-refractivity contribution in [1.29, 1.82) is 0 Å². The summed E-state index contributed by atoms with van der Waals surface area (Å²) < 4.78 is 63.1. The third-order valence-corrected chi connectivity index (χ3v) is 6.76. The molecule has 0 saturated carbocycles. The number of amides is 2. The van der Waals surface area contributed by atoms with E-state index in [0.29, 0.717) is 48.3 Å². The number of hydrogen-bond donors (Lipinski definition) is 1. The van der Waals surface area contributed by atoms with Gasteiger partial charge in [-0.2, -0.15) is 13.2 Å². The van der Waals surface area contributed by atoms with Gasteiger partial charge in [0.25, 0.3) is 0 Å². The molecule has 0 bridgehead atoms. The highest BCUT2D eigenvalue weighted by Crippen LogP contribution is 2.33. The van der Waals surface area contributed by atoms with Crippen molar-refractivity contribution >= 4 is 17.5 Å².